The van der Waals surface area contributed by atoms with Crippen molar-refractivity contribution in [3.8, 4) is 11.5 Å². The monoisotopic (exact) mass is 312 g/mol. The Morgan fingerprint density at radius 1 is 1.04 bits per heavy atom. The minimum atomic E-state index is 0.236. The van der Waals surface area contributed by atoms with E-state index < -0.39 is 0 Å². The molecule has 1 aliphatic heterocycles. The third-order valence-corrected chi connectivity index (χ3v) is 4.26. The van der Waals surface area contributed by atoms with Crippen LogP contribution in [0.2, 0.25) is 0 Å². The Balaban J connectivity index is 1.53. The van der Waals surface area contributed by atoms with Crippen molar-refractivity contribution in [3.05, 3.63) is 54.1 Å². The second kappa shape index (κ2) is 7.38. The fourth-order valence-electron chi connectivity index (χ4n) is 2.99. The average molecular weight is 312 g/mol. The summed E-state index contributed by atoms with van der Waals surface area (Å²) in [5, 5.41) is 0. The normalized spacial score (nSPS) is 16.2. The molecule has 1 heterocycles. The smallest absolute Gasteiger partial charge is 0.162 e. The van der Waals surface area contributed by atoms with Gasteiger partial charge in [-0.3, -0.25) is 4.90 Å². The van der Waals surface area contributed by atoms with Crippen LogP contribution in [-0.2, 0) is 6.54 Å². The second-order valence-electron chi connectivity index (χ2n) is 5.99. The molecule has 4 nitrogen and oxygen atoms in total. The lowest BCUT2D eigenvalue weighted by molar-refractivity contribution is 0.0943. The van der Waals surface area contributed by atoms with Gasteiger partial charge in [0.05, 0.1) is 7.11 Å². The molecule has 2 N–H and O–H groups in total. The van der Waals surface area contributed by atoms with Gasteiger partial charge in [-0.25, -0.2) is 0 Å². The Labute approximate surface area is 137 Å². The second-order valence-corrected chi connectivity index (χ2v) is 5.99. The standard InChI is InChI=1S/C19H24N2O2/c1-22-19-13-16(20)7-8-18(19)23-17-9-11-21(12-10-17)14-15-5-3-2-4-6-15/h2-8,13,17H,9-12,14,20H2,1H3. The first-order valence-corrected chi connectivity index (χ1v) is 8.11. The first-order valence-electron chi connectivity index (χ1n) is 8.11. The predicted octanol–water partition coefficient (Wildman–Crippen LogP) is 3.32. The zero-order valence-corrected chi connectivity index (χ0v) is 13.6. The molecule has 1 aliphatic rings. The van der Waals surface area contributed by atoms with Crippen molar-refractivity contribution in [1.82, 2.24) is 4.90 Å². The van der Waals surface area contributed by atoms with Crippen molar-refractivity contribution < 1.29 is 9.47 Å². The lowest BCUT2D eigenvalue weighted by Crippen LogP contribution is -2.37. The zero-order chi connectivity index (χ0) is 16.1. The van der Waals surface area contributed by atoms with Gasteiger partial charge in [-0.2, -0.15) is 0 Å². The number of hydrogen-bond donors (Lipinski definition) is 1. The van der Waals surface area contributed by atoms with Crippen LogP contribution < -0.4 is 15.2 Å². The van der Waals surface area contributed by atoms with Crippen LogP contribution in [0.15, 0.2) is 48.5 Å². The topological polar surface area (TPSA) is 47.7 Å². The molecule has 0 aromatic heterocycles. The largest absolute Gasteiger partial charge is 0.493 e. The van der Waals surface area contributed by atoms with Gasteiger partial charge in [0, 0.05) is 31.4 Å². The molecule has 0 aliphatic carbocycles. The number of benzene rings is 2. The van der Waals surface area contributed by atoms with E-state index in [0.29, 0.717) is 11.4 Å². The summed E-state index contributed by atoms with van der Waals surface area (Å²) in [6.07, 6.45) is 2.29. The Morgan fingerprint density at radius 2 is 1.78 bits per heavy atom. The molecule has 1 saturated heterocycles. The molecule has 0 saturated carbocycles. The Bertz CT molecular complexity index is 623. The predicted molar refractivity (Wildman–Crippen MR) is 92.8 cm³/mol. The number of nitrogens with zero attached hydrogens (tertiary/aromatic N) is 1. The fraction of sp³-hybridized carbons (Fsp3) is 0.368. The number of anilines is 1. The zero-order valence-electron chi connectivity index (χ0n) is 13.6. The van der Waals surface area contributed by atoms with Gasteiger partial charge in [-0.15, -0.1) is 0 Å². The van der Waals surface area contributed by atoms with Crippen LogP contribution in [0.3, 0.4) is 0 Å². The van der Waals surface area contributed by atoms with Crippen molar-refractivity contribution in [3.63, 3.8) is 0 Å². The number of nitrogen functional groups attached to an aromatic ring is 1. The van der Waals surface area contributed by atoms with E-state index in [1.54, 1.807) is 13.2 Å². The highest BCUT2D eigenvalue weighted by molar-refractivity contribution is 5.52. The van der Waals surface area contributed by atoms with Crippen molar-refractivity contribution in [2.24, 2.45) is 0 Å². The van der Waals surface area contributed by atoms with Gasteiger partial charge < -0.3 is 15.2 Å². The highest BCUT2D eigenvalue weighted by Crippen LogP contribution is 2.31. The maximum absolute atomic E-state index is 6.12. The molecule has 1 fully saturated rings. The molecule has 0 spiro atoms. The lowest BCUT2D eigenvalue weighted by atomic mass is 10.1. The molecule has 4 heteroatoms. The number of nitrogens with two attached hydrogens (primary N) is 1. The summed E-state index contributed by atoms with van der Waals surface area (Å²) in [5.41, 5.74) is 7.84. The van der Waals surface area contributed by atoms with Crippen molar-refractivity contribution in [1.29, 1.82) is 0 Å². The van der Waals surface area contributed by atoms with Crippen molar-refractivity contribution in [2.75, 3.05) is 25.9 Å². The third-order valence-electron chi connectivity index (χ3n) is 4.26. The molecular weight excluding hydrogens is 288 g/mol. The van der Waals surface area contributed by atoms with Crippen LogP contribution in [0.5, 0.6) is 11.5 Å². The van der Waals surface area contributed by atoms with E-state index in [9.17, 15) is 0 Å². The SMILES string of the molecule is COc1cc(N)ccc1OC1CCN(Cc2ccccc2)CC1. The van der Waals surface area contributed by atoms with Crippen LogP contribution in [0, 0.1) is 0 Å². The molecule has 0 amide bonds. The van der Waals surface area contributed by atoms with Gasteiger partial charge in [-0.05, 0) is 30.5 Å². The molecule has 122 valence electrons. The van der Waals surface area contributed by atoms with Crippen LogP contribution in [-0.4, -0.2) is 31.2 Å². The van der Waals surface area contributed by atoms with Crippen LogP contribution >= 0.6 is 0 Å². The maximum Gasteiger partial charge on any atom is 0.162 e. The summed E-state index contributed by atoms with van der Waals surface area (Å²) >= 11 is 0. The molecule has 23 heavy (non-hydrogen) atoms. The lowest BCUT2D eigenvalue weighted by Gasteiger charge is -2.32. The van der Waals surface area contributed by atoms with E-state index in [2.05, 4.69) is 35.2 Å². The number of rotatable bonds is 5. The quantitative estimate of drug-likeness (QED) is 0.860. The summed E-state index contributed by atoms with van der Waals surface area (Å²) in [5.74, 6) is 1.49. The summed E-state index contributed by atoms with van der Waals surface area (Å²) in [6.45, 7) is 3.12. The van der Waals surface area contributed by atoms with Crippen LogP contribution in [0.25, 0.3) is 0 Å². The number of likely N-dealkylation sites (tertiary alicyclic amines) is 1. The first kappa shape index (κ1) is 15.7. The molecule has 0 atom stereocenters. The van der Waals surface area contributed by atoms with Gasteiger partial charge in [0.15, 0.2) is 11.5 Å². The number of hydrogen-bond acceptors (Lipinski definition) is 4. The van der Waals surface area contributed by atoms with Gasteiger partial charge in [0.1, 0.15) is 6.10 Å². The average Bonchev–Trinajstić information content (AvgIpc) is 2.59. The van der Waals surface area contributed by atoms with Gasteiger partial charge in [0.2, 0.25) is 0 Å². The van der Waals surface area contributed by atoms with Gasteiger partial charge in [-0.1, -0.05) is 30.3 Å². The summed E-state index contributed by atoms with van der Waals surface area (Å²) in [4.78, 5) is 2.48. The van der Waals surface area contributed by atoms with Crippen molar-refractivity contribution >= 4 is 5.69 Å². The molecule has 0 bridgehead atoms. The van der Waals surface area contributed by atoms with Crippen LogP contribution in [0.4, 0.5) is 5.69 Å². The van der Waals surface area contributed by atoms with E-state index in [-0.39, 0.29) is 6.10 Å². The minimum absolute atomic E-state index is 0.236. The van der Waals surface area contributed by atoms with E-state index in [1.807, 2.05) is 12.1 Å². The molecule has 2 aromatic rings. The number of piperidine rings is 1. The van der Waals surface area contributed by atoms with Gasteiger partial charge >= 0.3 is 0 Å². The van der Waals surface area contributed by atoms with E-state index in [4.69, 9.17) is 15.2 Å². The maximum atomic E-state index is 6.12. The summed E-state index contributed by atoms with van der Waals surface area (Å²) < 4.78 is 11.5. The van der Waals surface area contributed by atoms with Gasteiger partial charge in [0.25, 0.3) is 0 Å². The molecule has 3 rings (SSSR count). The summed E-state index contributed by atoms with van der Waals surface area (Å²) in [6, 6.07) is 16.2. The highest BCUT2D eigenvalue weighted by Gasteiger charge is 2.21. The Hall–Kier alpha value is -2.20. The van der Waals surface area contributed by atoms with Crippen molar-refractivity contribution in [2.45, 2.75) is 25.5 Å². The molecule has 0 unspecified atom stereocenters. The Morgan fingerprint density at radius 3 is 2.48 bits per heavy atom. The number of ether oxygens (including phenoxy) is 2. The first-order chi connectivity index (χ1) is 11.2. The number of methoxy groups -OCH3 is 1. The molecule has 2 aromatic carbocycles. The third kappa shape index (κ3) is 4.17. The molecular formula is C19H24N2O2. The fourth-order valence-corrected chi connectivity index (χ4v) is 2.99. The van der Waals surface area contributed by atoms with E-state index in [0.717, 1.165) is 38.2 Å². The van der Waals surface area contributed by atoms with E-state index in [1.165, 1.54) is 5.56 Å². The minimum Gasteiger partial charge on any atom is -0.493 e. The van der Waals surface area contributed by atoms with E-state index >= 15 is 0 Å². The summed E-state index contributed by atoms with van der Waals surface area (Å²) in [7, 11) is 1.64. The highest BCUT2D eigenvalue weighted by atomic mass is 16.5. The van der Waals surface area contributed by atoms with Crippen LogP contribution in [0.1, 0.15) is 18.4 Å². The molecule has 0 radical (unpaired) electrons. The Kier molecular flexibility index (Phi) is 5.03.